The Balaban J connectivity index is 1.47. The van der Waals surface area contributed by atoms with Gasteiger partial charge in [-0.1, -0.05) is 35.9 Å². The van der Waals surface area contributed by atoms with E-state index in [0.29, 0.717) is 59.2 Å². The third kappa shape index (κ3) is 4.42. The predicted octanol–water partition coefficient (Wildman–Crippen LogP) is 4.86. The number of nitrogens with one attached hydrogen (secondary N) is 1. The molecule has 0 atom stereocenters. The van der Waals surface area contributed by atoms with Crippen LogP contribution in [-0.2, 0) is 31.3 Å². The SMILES string of the molecule is COC(=O)c1ccccc1NCCc1cc(C)cc2c(=O)n(C)c(N3Cc4ccc(Cl)cc4C3)nc12. The van der Waals surface area contributed by atoms with E-state index in [1.54, 1.807) is 23.7 Å². The fraction of sp³-hybridized carbons (Fsp3) is 0.250. The summed E-state index contributed by atoms with van der Waals surface area (Å²) in [5, 5.41) is 4.65. The van der Waals surface area contributed by atoms with Crippen LogP contribution in [0, 0.1) is 6.92 Å². The summed E-state index contributed by atoms with van der Waals surface area (Å²) in [5.74, 6) is 0.246. The molecule has 8 heteroatoms. The number of rotatable bonds is 6. The fourth-order valence-corrected chi connectivity index (χ4v) is 5.03. The summed E-state index contributed by atoms with van der Waals surface area (Å²) in [5.41, 5.74) is 6.14. The normalized spacial score (nSPS) is 12.6. The van der Waals surface area contributed by atoms with Gasteiger partial charge in [-0.3, -0.25) is 9.36 Å². The molecule has 7 nitrogen and oxygen atoms in total. The van der Waals surface area contributed by atoms with Gasteiger partial charge < -0.3 is 15.0 Å². The highest BCUT2D eigenvalue weighted by atomic mass is 35.5. The van der Waals surface area contributed by atoms with Crippen LogP contribution in [0.15, 0.2) is 59.4 Å². The van der Waals surface area contributed by atoms with E-state index < -0.39 is 0 Å². The third-order valence-electron chi connectivity index (χ3n) is 6.60. The summed E-state index contributed by atoms with van der Waals surface area (Å²) < 4.78 is 6.52. The summed E-state index contributed by atoms with van der Waals surface area (Å²) in [6.07, 6.45) is 0.628. The number of carbonyl (C=O) groups excluding carboxylic acids is 1. The van der Waals surface area contributed by atoms with Crippen LogP contribution in [0.1, 0.15) is 32.6 Å². The number of methoxy groups -OCH3 is 1. The zero-order chi connectivity index (χ0) is 25.4. The lowest BCUT2D eigenvalue weighted by Crippen LogP contribution is -2.28. The number of fused-ring (bicyclic) bond motifs is 2. The number of esters is 1. The van der Waals surface area contributed by atoms with E-state index in [1.165, 1.54) is 12.7 Å². The number of nitrogens with zero attached hydrogens (tertiary/aromatic N) is 3. The number of carbonyl (C=O) groups is 1. The number of hydrogen-bond donors (Lipinski definition) is 1. The Kier molecular flexibility index (Phi) is 6.41. The van der Waals surface area contributed by atoms with E-state index in [-0.39, 0.29) is 11.5 Å². The lowest BCUT2D eigenvalue weighted by molar-refractivity contribution is 0.0602. The average Bonchev–Trinajstić information content (AvgIpc) is 3.29. The molecular formula is C28H27ClN4O3. The van der Waals surface area contributed by atoms with Crippen molar-refractivity contribution in [2.24, 2.45) is 7.05 Å². The van der Waals surface area contributed by atoms with Crippen LogP contribution in [0.4, 0.5) is 11.6 Å². The Morgan fingerprint density at radius 1 is 1.11 bits per heavy atom. The Bertz CT molecular complexity index is 1550. The van der Waals surface area contributed by atoms with Crippen molar-refractivity contribution in [1.29, 1.82) is 0 Å². The Morgan fingerprint density at radius 3 is 2.69 bits per heavy atom. The minimum absolute atomic E-state index is 0.0714. The highest BCUT2D eigenvalue weighted by molar-refractivity contribution is 6.30. The van der Waals surface area contributed by atoms with Gasteiger partial charge in [-0.25, -0.2) is 9.78 Å². The molecule has 1 aliphatic rings. The van der Waals surface area contributed by atoms with Crippen LogP contribution in [-0.4, -0.2) is 29.2 Å². The quantitative estimate of drug-likeness (QED) is 0.380. The molecule has 5 rings (SSSR count). The zero-order valence-corrected chi connectivity index (χ0v) is 21.2. The second-order valence-corrected chi connectivity index (χ2v) is 9.52. The number of halogens is 1. The standard InChI is InChI=1S/C28H27ClN4O3/c1-17-12-18(10-11-30-24-7-5-4-6-22(24)27(35)36-3)25-23(13-17)26(34)32(2)28(31-25)33-15-19-8-9-21(29)14-20(19)16-33/h4-9,12-14,30H,10-11,15-16H2,1-3H3. The highest BCUT2D eigenvalue weighted by Gasteiger charge is 2.24. The van der Waals surface area contributed by atoms with Crippen molar-refractivity contribution in [3.8, 4) is 0 Å². The van der Waals surface area contributed by atoms with Gasteiger partial charge in [0.2, 0.25) is 5.95 Å². The van der Waals surface area contributed by atoms with Gasteiger partial charge in [-0.05, 0) is 65.9 Å². The molecule has 0 radical (unpaired) electrons. The maximum absolute atomic E-state index is 13.4. The smallest absolute Gasteiger partial charge is 0.339 e. The first-order valence-electron chi connectivity index (χ1n) is 11.8. The number of para-hydroxylation sites is 1. The van der Waals surface area contributed by atoms with E-state index in [0.717, 1.165) is 16.7 Å². The van der Waals surface area contributed by atoms with Crippen LogP contribution in [0.3, 0.4) is 0 Å². The fourth-order valence-electron chi connectivity index (χ4n) is 4.83. The first-order valence-corrected chi connectivity index (χ1v) is 12.2. The highest BCUT2D eigenvalue weighted by Crippen LogP contribution is 2.30. The van der Waals surface area contributed by atoms with E-state index in [2.05, 4.69) is 16.3 Å². The summed E-state index contributed by atoms with van der Waals surface area (Å²) in [7, 11) is 3.14. The van der Waals surface area contributed by atoms with Crippen LogP contribution >= 0.6 is 11.6 Å². The van der Waals surface area contributed by atoms with Crippen molar-refractivity contribution in [2.75, 3.05) is 23.9 Å². The number of benzene rings is 3. The van der Waals surface area contributed by atoms with Crippen molar-refractivity contribution in [3.63, 3.8) is 0 Å². The maximum Gasteiger partial charge on any atom is 0.339 e. The van der Waals surface area contributed by atoms with Gasteiger partial charge in [-0.15, -0.1) is 0 Å². The molecule has 1 aromatic heterocycles. The molecule has 3 aromatic carbocycles. The van der Waals surface area contributed by atoms with Crippen LogP contribution in [0.5, 0.6) is 0 Å². The minimum atomic E-state index is -0.387. The largest absolute Gasteiger partial charge is 0.465 e. The molecule has 0 spiro atoms. The van der Waals surface area contributed by atoms with Crippen molar-refractivity contribution in [3.05, 3.63) is 97.8 Å². The first-order chi connectivity index (χ1) is 17.4. The summed E-state index contributed by atoms with van der Waals surface area (Å²) >= 11 is 6.19. The predicted molar refractivity (Wildman–Crippen MR) is 143 cm³/mol. The van der Waals surface area contributed by atoms with E-state index in [1.807, 2.05) is 43.3 Å². The van der Waals surface area contributed by atoms with Gasteiger partial charge in [0, 0.05) is 37.4 Å². The van der Waals surface area contributed by atoms with Gasteiger partial charge in [0.1, 0.15) is 0 Å². The van der Waals surface area contributed by atoms with Crippen LogP contribution in [0.2, 0.25) is 5.02 Å². The molecule has 0 fully saturated rings. The molecule has 184 valence electrons. The number of ether oxygens (including phenoxy) is 1. The Hall–Kier alpha value is -3.84. The second kappa shape index (κ2) is 9.66. The molecule has 0 unspecified atom stereocenters. The van der Waals surface area contributed by atoms with Crippen molar-refractivity contribution in [1.82, 2.24) is 9.55 Å². The molecule has 36 heavy (non-hydrogen) atoms. The first kappa shape index (κ1) is 23.9. The van der Waals surface area contributed by atoms with Crippen molar-refractivity contribution < 1.29 is 9.53 Å². The van der Waals surface area contributed by atoms with Crippen molar-refractivity contribution >= 4 is 40.1 Å². The van der Waals surface area contributed by atoms with E-state index >= 15 is 0 Å². The molecule has 2 heterocycles. The number of anilines is 2. The van der Waals surface area contributed by atoms with Crippen LogP contribution < -0.4 is 15.8 Å². The van der Waals surface area contributed by atoms with E-state index in [4.69, 9.17) is 21.3 Å². The number of hydrogen-bond acceptors (Lipinski definition) is 6. The van der Waals surface area contributed by atoms with Gasteiger partial charge in [0.25, 0.3) is 5.56 Å². The van der Waals surface area contributed by atoms with Gasteiger partial charge in [0.15, 0.2) is 0 Å². The topological polar surface area (TPSA) is 76.5 Å². The zero-order valence-electron chi connectivity index (χ0n) is 20.5. The van der Waals surface area contributed by atoms with Gasteiger partial charge in [0.05, 0.1) is 23.6 Å². The Labute approximate surface area is 214 Å². The summed E-state index contributed by atoms with van der Waals surface area (Å²) in [4.78, 5) is 32.6. The summed E-state index contributed by atoms with van der Waals surface area (Å²) in [6.45, 7) is 3.86. The number of aromatic nitrogens is 2. The number of aryl methyl sites for hydroxylation is 1. The average molecular weight is 503 g/mol. The molecule has 1 N–H and O–H groups in total. The van der Waals surface area contributed by atoms with Gasteiger partial charge in [-0.2, -0.15) is 0 Å². The molecule has 4 aromatic rings. The molecule has 0 bridgehead atoms. The lowest BCUT2D eigenvalue weighted by Gasteiger charge is -2.21. The third-order valence-corrected chi connectivity index (χ3v) is 6.83. The molecule has 0 saturated carbocycles. The lowest BCUT2D eigenvalue weighted by atomic mass is 10.0. The molecule has 1 aliphatic heterocycles. The molecular weight excluding hydrogens is 476 g/mol. The van der Waals surface area contributed by atoms with Crippen LogP contribution in [0.25, 0.3) is 10.9 Å². The van der Waals surface area contributed by atoms with Crippen molar-refractivity contribution in [2.45, 2.75) is 26.4 Å². The Morgan fingerprint density at radius 2 is 1.89 bits per heavy atom. The van der Waals surface area contributed by atoms with E-state index in [9.17, 15) is 9.59 Å². The monoisotopic (exact) mass is 502 g/mol. The molecule has 0 amide bonds. The van der Waals surface area contributed by atoms with Gasteiger partial charge >= 0.3 is 5.97 Å². The minimum Gasteiger partial charge on any atom is -0.465 e. The maximum atomic E-state index is 13.4. The molecule has 0 saturated heterocycles. The second-order valence-electron chi connectivity index (χ2n) is 9.08. The summed E-state index contributed by atoms with van der Waals surface area (Å²) in [6, 6.07) is 17.1. The molecule has 0 aliphatic carbocycles.